The molecule has 0 aromatic heterocycles. The van der Waals surface area contributed by atoms with Crippen LogP contribution in [0, 0.1) is 0 Å². The van der Waals surface area contributed by atoms with E-state index in [1.54, 1.807) is 0 Å². The van der Waals surface area contributed by atoms with Gasteiger partial charge in [0.15, 0.2) is 0 Å². The minimum Gasteiger partial charge on any atom is -0.759 e. The van der Waals surface area contributed by atoms with Crippen molar-refractivity contribution in [1.82, 2.24) is 0 Å². The first kappa shape index (κ1) is 255. The van der Waals surface area contributed by atoms with Crippen molar-refractivity contribution in [2.75, 3.05) is 0 Å². The average Bonchev–Trinajstić information content (AvgIpc) is 0.722. The summed E-state index contributed by atoms with van der Waals surface area (Å²) in [6.07, 6.45) is 0. The van der Waals surface area contributed by atoms with Gasteiger partial charge < -0.3 is 74.8 Å². The van der Waals surface area contributed by atoms with E-state index in [4.69, 9.17) is 17.5 Å². The molecule has 0 fully saturated rings. The van der Waals surface area contributed by atoms with Crippen LogP contribution in [-0.2, 0) is 10.4 Å². The Morgan fingerprint density at radius 3 is 0.474 bits per heavy atom. The van der Waals surface area contributed by atoms with Gasteiger partial charge in [-0.15, -0.1) is 0 Å². The van der Waals surface area contributed by atoms with E-state index in [2.05, 4.69) is 0 Å². The second-order valence-electron chi connectivity index (χ2n) is 0.408. The Hall–Kier alpha value is 1.56. The quantitative estimate of drug-likeness (QED) is 0.225. The number of hydrogen-bond donors (Lipinski definition) is 0. The first-order chi connectivity index (χ1) is 2.00. The van der Waals surface area contributed by atoms with E-state index in [1.165, 1.54) is 0 Å². The molecule has 19 heavy (non-hydrogen) atoms. The van der Waals surface area contributed by atoms with Crippen molar-refractivity contribution in [3.05, 3.63) is 0 Å². The Morgan fingerprint density at radius 2 is 0.474 bits per heavy atom. The van der Waals surface area contributed by atoms with Crippen molar-refractivity contribution in [2.45, 2.75) is 0 Å². The third-order valence-electron chi connectivity index (χ3n) is 0. The Labute approximate surface area is 161 Å². The molecule has 0 aliphatic heterocycles. The molecule has 24 N–H and O–H groups in total. The normalized spacial score (nSPS) is 3.05. The molecule has 0 spiro atoms. The summed E-state index contributed by atoms with van der Waals surface area (Å²) in [7, 11) is -5.17. The van der Waals surface area contributed by atoms with Gasteiger partial charge in [-0.1, -0.05) is 0 Å². The standard InChI is InChI=1S/Al.K.H2O4S.12H2O/c;;1-5(2,3)4;;;;;;;;;;;;/h;;(H2,1,2,3,4);12*1H2/q;+1;;;;;;;;;;;;;/p-2. The molecule has 0 unspecified atom stereocenters. The van der Waals surface area contributed by atoms with E-state index in [0.717, 1.165) is 0 Å². The van der Waals surface area contributed by atoms with Gasteiger partial charge in [-0.2, -0.15) is 0 Å². The van der Waals surface area contributed by atoms with Gasteiger partial charge in [-0.05, 0) is 0 Å². The van der Waals surface area contributed by atoms with E-state index in [-0.39, 0.29) is 134 Å². The maximum Gasteiger partial charge on any atom is 1.00 e. The van der Waals surface area contributed by atoms with Gasteiger partial charge in [-0.3, -0.25) is 8.42 Å². The Kier molecular flexibility index (Phi) is 1580. The van der Waals surface area contributed by atoms with E-state index >= 15 is 0 Å². The van der Waals surface area contributed by atoms with Crippen LogP contribution in [0.1, 0.15) is 0 Å². The molecule has 0 amide bonds. The molecule has 0 saturated heterocycles. The fourth-order valence-electron chi connectivity index (χ4n) is 0. The summed E-state index contributed by atoms with van der Waals surface area (Å²) in [5, 5.41) is 0. The molecule has 131 valence electrons. The van der Waals surface area contributed by atoms with Crippen LogP contribution < -0.4 is 51.4 Å². The fourth-order valence-corrected chi connectivity index (χ4v) is 0. The molecule has 0 aliphatic carbocycles. The molecule has 16 nitrogen and oxygen atoms in total. The van der Waals surface area contributed by atoms with Crippen molar-refractivity contribution >= 4 is 27.8 Å². The summed E-state index contributed by atoms with van der Waals surface area (Å²) in [6, 6.07) is 0. The largest absolute Gasteiger partial charge is 1.00 e. The second kappa shape index (κ2) is 118. The minimum atomic E-state index is -5.17. The van der Waals surface area contributed by atoms with Crippen LogP contribution in [0.15, 0.2) is 0 Å². The zero-order chi connectivity index (χ0) is 4.50. The molecule has 0 heterocycles. The molecular formula is H24AlKO16S-. The molecule has 19 heteroatoms. The molecular weight excluding hydrogens is 354 g/mol. The van der Waals surface area contributed by atoms with E-state index in [9.17, 15) is 0 Å². The van der Waals surface area contributed by atoms with Crippen LogP contribution in [0.3, 0.4) is 0 Å². The van der Waals surface area contributed by atoms with Crippen molar-refractivity contribution in [3.8, 4) is 0 Å². The summed E-state index contributed by atoms with van der Waals surface area (Å²) in [5.74, 6) is 0. The van der Waals surface area contributed by atoms with Crippen molar-refractivity contribution < 1.29 is 135 Å². The van der Waals surface area contributed by atoms with Crippen molar-refractivity contribution in [1.29, 1.82) is 0 Å². The number of hydrogen-bond acceptors (Lipinski definition) is 4. The fraction of sp³-hybridized carbons (Fsp3) is 0. The van der Waals surface area contributed by atoms with Crippen LogP contribution in [0.2, 0.25) is 0 Å². The third-order valence-corrected chi connectivity index (χ3v) is 0. The number of rotatable bonds is 0. The van der Waals surface area contributed by atoms with E-state index in [0.29, 0.717) is 0 Å². The molecule has 0 atom stereocenters. The zero-order valence-electron chi connectivity index (χ0n) is 9.62. The molecule has 0 bridgehead atoms. The van der Waals surface area contributed by atoms with E-state index < -0.39 is 10.4 Å². The summed E-state index contributed by atoms with van der Waals surface area (Å²) in [5.41, 5.74) is 0. The monoisotopic (exact) mass is 378 g/mol. The Balaban J connectivity index is -0.000000000879. The van der Waals surface area contributed by atoms with Gasteiger partial charge in [-0.25, -0.2) is 0 Å². The summed E-state index contributed by atoms with van der Waals surface area (Å²) in [4.78, 5) is 0. The van der Waals surface area contributed by atoms with Gasteiger partial charge in [0.05, 0.1) is 0 Å². The van der Waals surface area contributed by atoms with E-state index in [1.807, 2.05) is 0 Å². The first-order valence-electron chi connectivity index (χ1n) is 0.667. The molecule has 0 aromatic rings. The summed E-state index contributed by atoms with van der Waals surface area (Å²) in [6.45, 7) is 0. The van der Waals surface area contributed by atoms with Crippen LogP contribution in [-0.4, -0.2) is 101 Å². The van der Waals surface area contributed by atoms with Gasteiger partial charge in [0.25, 0.3) is 0 Å². The van der Waals surface area contributed by atoms with Crippen LogP contribution in [0.25, 0.3) is 0 Å². The molecule has 0 rings (SSSR count). The molecule has 3 radical (unpaired) electrons. The van der Waals surface area contributed by atoms with Crippen LogP contribution >= 0.6 is 0 Å². The Bertz CT molecular complexity index is 99.9. The van der Waals surface area contributed by atoms with Crippen LogP contribution in [0.4, 0.5) is 0 Å². The third kappa shape index (κ3) is 2480. The average molecular weight is 378 g/mol. The summed E-state index contributed by atoms with van der Waals surface area (Å²) < 4.78 is 34.1. The van der Waals surface area contributed by atoms with Crippen molar-refractivity contribution in [2.24, 2.45) is 0 Å². The smallest absolute Gasteiger partial charge is 0.759 e. The first-order valence-corrected chi connectivity index (χ1v) is 2.00. The van der Waals surface area contributed by atoms with Gasteiger partial charge >= 0.3 is 51.4 Å². The predicted molar refractivity (Wildman–Crippen MR) is 59.6 cm³/mol. The molecule has 0 saturated carbocycles. The van der Waals surface area contributed by atoms with Gasteiger partial charge in [0.2, 0.25) is 0 Å². The predicted octanol–water partition coefficient (Wildman–Crippen LogP) is -14.6. The topological polar surface area (TPSA) is 458 Å². The van der Waals surface area contributed by atoms with Gasteiger partial charge in [0, 0.05) is 27.8 Å². The maximum absolute atomic E-state index is 8.52. The maximum atomic E-state index is 8.52. The van der Waals surface area contributed by atoms with Gasteiger partial charge in [0.1, 0.15) is 0 Å². The minimum absolute atomic E-state index is 0. The van der Waals surface area contributed by atoms with Crippen LogP contribution in [0.5, 0.6) is 0 Å². The Morgan fingerprint density at radius 1 is 0.474 bits per heavy atom. The summed E-state index contributed by atoms with van der Waals surface area (Å²) >= 11 is 0. The SMILES string of the molecule is O.O.O.O.O.O.O.O.O.O.O.O.O=S(=O)([O-])[O-].[Al].[K+]. The second-order valence-corrected chi connectivity index (χ2v) is 1.22. The molecule has 0 aromatic carbocycles. The molecule has 0 aliphatic rings. The zero-order valence-corrected chi connectivity index (χ0v) is 14.7. The van der Waals surface area contributed by atoms with Crippen molar-refractivity contribution in [3.63, 3.8) is 0 Å².